The molecule has 1 aromatic carbocycles. The average molecular weight is 344 g/mol. The van der Waals surface area contributed by atoms with Crippen LogP contribution in [-0.2, 0) is 20.7 Å². The minimum Gasteiger partial charge on any atom is -0.469 e. The van der Waals surface area contributed by atoms with Crippen molar-refractivity contribution in [2.75, 3.05) is 32.2 Å². The van der Waals surface area contributed by atoms with Gasteiger partial charge in [0.25, 0.3) is 0 Å². The summed E-state index contributed by atoms with van der Waals surface area (Å²) < 4.78 is 10.5. The number of fused-ring (bicyclic) bond motifs is 1. The van der Waals surface area contributed by atoms with E-state index in [4.69, 9.17) is 9.47 Å². The third kappa shape index (κ3) is 5.43. The Bertz CT molecular complexity index is 701. The van der Waals surface area contributed by atoms with Crippen LogP contribution in [0.2, 0.25) is 0 Å². The Morgan fingerprint density at radius 2 is 1.96 bits per heavy atom. The molecule has 0 unspecified atom stereocenters. The number of aryl methyl sites for hydroxylation is 1. The topological polar surface area (TPSA) is 60.5 Å². The smallest absolute Gasteiger partial charge is 0.310 e. The second-order valence-electron chi connectivity index (χ2n) is 6.07. The van der Waals surface area contributed by atoms with Gasteiger partial charge in [0, 0.05) is 42.1 Å². The lowest BCUT2D eigenvalue weighted by Gasteiger charge is -2.16. The number of anilines is 1. The van der Waals surface area contributed by atoms with E-state index >= 15 is 0 Å². The van der Waals surface area contributed by atoms with Crippen LogP contribution in [0.1, 0.15) is 37.4 Å². The molecular formula is C20H28N2O3. The predicted molar refractivity (Wildman–Crippen MR) is 101 cm³/mol. The maximum atomic E-state index is 11.8. The van der Waals surface area contributed by atoms with E-state index < -0.39 is 0 Å². The number of para-hydroxylation sites is 1. The first-order valence-corrected chi connectivity index (χ1v) is 8.94. The molecule has 0 spiro atoms. The second-order valence-corrected chi connectivity index (χ2v) is 6.07. The van der Waals surface area contributed by atoms with Crippen molar-refractivity contribution in [2.45, 2.75) is 39.5 Å². The molecule has 0 aliphatic rings. The number of pyridine rings is 1. The SMILES string of the molecule is CCCCOCCCNc1c(CC(=O)OC)c(C)nc2ccccc12. The number of nitrogens with one attached hydrogen (secondary N) is 1. The van der Waals surface area contributed by atoms with Crippen LogP contribution in [0.15, 0.2) is 24.3 Å². The van der Waals surface area contributed by atoms with Gasteiger partial charge in [0.05, 0.1) is 19.0 Å². The van der Waals surface area contributed by atoms with Crippen LogP contribution in [0.25, 0.3) is 10.9 Å². The number of unbranched alkanes of at least 4 members (excludes halogenated alkanes) is 1. The number of ether oxygens (including phenoxy) is 2. The highest BCUT2D eigenvalue weighted by atomic mass is 16.5. The normalized spacial score (nSPS) is 10.8. The van der Waals surface area contributed by atoms with Gasteiger partial charge in [-0.25, -0.2) is 0 Å². The average Bonchev–Trinajstić information content (AvgIpc) is 2.62. The minimum absolute atomic E-state index is 0.218. The van der Waals surface area contributed by atoms with E-state index in [9.17, 15) is 4.79 Å². The Labute approximate surface area is 149 Å². The number of carbonyl (C=O) groups is 1. The number of hydrogen-bond acceptors (Lipinski definition) is 5. The van der Waals surface area contributed by atoms with Crippen LogP contribution in [0.3, 0.4) is 0 Å². The molecule has 5 heteroatoms. The van der Waals surface area contributed by atoms with Gasteiger partial charge in [-0.2, -0.15) is 0 Å². The highest BCUT2D eigenvalue weighted by molar-refractivity contribution is 5.95. The summed E-state index contributed by atoms with van der Waals surface area (Å²) >= 11 is 0. The molecule has 2 rings (SSSR count). The molecule has 0 radical (unpaired) electrons. The van der Waals surface area contributed by atoms with Gasteiger partial charge in [-0.05, 0) is 25.8 Å². The molecule has 1 N–H and O–H groups in total. The van der Waals surface area contributed by atoms with Gasteiger partial charge >= 0.3 is 5.97 Å². The summed E-state index contributed by atoms with van der Waals surface area (Å²) in [5.41, 5.74) is 3.65. The molecule has 0 saturated carbocycles. The van der Waals surface area contributed by atoms with Crippen molar-refractivity contribution in [1.29, 1.82) is 0 Å². The highest BCUT2D eigenvalue weighted by Crippen LogP contribution is 2.29. The van der Waals surface area contributed by atoms with E-state index in [1.807, 2.05) is 31.2 Å². The number of carbonyl (C=O) groups excluding carboxylic acids is 1. The zero-order valence-corrected chi connectivity index (χ0v) is 15.4. The summed E-state index contributed by atoms with van der Waals surface area (Å²) in [6, 6.07) is 7.98. The Morgan fingerprint density at radius 3 is 2.72 bits per heavy atom. The van der Waals surface area contributed by atoms with Crippen LogP contribution >= 0.6 is 0 Å². The first-order chi connectivity index (χ1) is 12.2. The molecule has 0 atom stereocenters. The lowest BCUT2D eigenvalue weighted by atomic mass is 10.0. The van der Waals surface area contributed by atoms with Gasteiger partial charge in [0.15, 0.2) is 0 Å². The number of methoxy groups -OCH3 is 1. The van der Waals surface area contributed by atoms with E-state index in [1.54, 1.807) is 0 Å². The second kappa shape index (κ2) is 9.99. The fourth-order valence-electron chi connectivity index (χ4n) is 2.74. The number of rotatable bonds is 10. The van der Waals surface area contributed by atoms with Crippen molar-refractivity contribution >= 4 is 22.6 Å². The first kappa shape index (κ1) is 19.2. The Balaban J connectivity index is 2.13. The van der Waals surface area contributed by atoms with E-state index in [0.717, 1.165) is 66.9 Å². The Hall–Kier alpha value is -2.14. The highest BCUT2D eigenvalue weighted by Gasteiger charge is 2.15. The summed E-state index contributed by atoms with van der Waals surface area (Å²) in [6.45, 7) is 6.44. The molecule has 2 aromatic rings. The number of hydrogen-bond donors (Lipinski definition) is 1. The molecule has 25 heavy (non-hydrogen) atoms. The van der Waals surface area contributed by atoms with Gasteiger partial charge in [-0.3, -0.25) is 9.78 Å². The van der Waals surface area contributed by atoms with Crippen molar-refractivity contribution in [1.82, 2.24) is 4.98 Å². The maximum Gasteiger partial charge on any atom is 0.310 e. The molecule has 0 fully saturated rings. The minimum atomic E-state index is -0.258. The quantitative estimate of drug-likeness (QED) is 0.523. The summed E-state index contributed by atoms with van der Waals surface area (Å²) in [4.78, 5) is 16.4. The largest absolute Gasteiger partial charge is 0.469 e. The standard InChI is InChI=1S/C20H28N2O3/c1-4-5-12-25-13-8-11-21-20-16-9-6-7-10-18(16)22-15(2)17(20)14-19(23)24-3/h6-7,9-10H,4-5,8,11-14H2,1-3H3,(H,21,22). The Morgan fingerprint density at radius 1 is 1.20 bits per heavy atom. The molecule has 136 valence electrons. The molecule has 1 aromatic heterocycles. The van der Waals surface area contributed by atoms with Gasteiger partial charge in [0.1, 0.15) is 0 Å². The van der Waals surface area contributed by atoms with E-state index in [1.165, 1.54) is 7.11 Å². The molecule has 0 aliphatic heterocycles. The number of nitrogens with zero attached hydrogens (tertiary/aromatic N) is 1. The fraction of sp³-hybridized carbons (Fsp3) is 0.500. The Kier molecular flexibility index (Phi) is 7.67. The molecule has 0 saturated heterocycles. The van der Waals surface area contributed by atoms with Crippen molar-refractivity contribution in [3.63, 3.8) is 0 Å². The third-order valence-corrected chi connectivity index (χ3v) is 4.16. The predicted octanol–water partition coefficient (Wildman–Crippen LogP) is 3.88. The van der Waals surface area contributed by atoms with Gasteiger partial charge < -0.3 is 14.8 Å². The molecular weight excluding hydrogens is 316 g/mol. The molecule has 1 heterocycles. The molecule has 0 aliphatic carbocycles. The van der Waals surface area contributed by atoms with E-state index in [0.29, 0.717) is 0 Å². The van der Waals surface area contributed by atoms with Crippen LogP contribution in [0, 0.1) is 6.92 Å². The van der Waals surface area contributed by atoms with Crippen molar-refractivity contribution in [3.8, 4) is 0 Å². The van der Waals surface area contributed by atoms with E-state index in [2.05, 4.69) is 17.2 Å². The maximum absolute atomic E-state index is 11.8. The van der Waals surface area contributed by atoms with Crippen LogP contribution in [0.4, 0.5) is 5.69 Å². The zero-order chi connectivity index (χ0) is 18.1. The summed E-state index contributed by atoms with van der Waals surface area (Å²) in [7, 11) is 1.41. The van der Waals surface area contributed by atoms with Gasteiger partial charge in [0.2, 0.25) is 0 Å². The summed E-state index contributed by atoms with van der Waals surface area (Å²) in [5, 5.41) is 4.52. The number of aromatic nitrogens is 1. The van der Waals surface area contributed by atoms with Crippen molar-refractivity contribution in [3.05, 3.63) is 35.5 Å². The van der Waals surface area contributed by atoms with Crippen LogP contribution < -0.4 is 5.32 Å². The number of benzene rings is 1. The van der Waals surface area contributed by atoms with Crippen molar-refractivity contribution < 1.29 is 14.3 Å². The molecule has 0 amide bonds. The monoisotopic (exact) mass is 344 g/mol. The van der Waals surface area contributed by atoms with Gasteiger partial charge in [-0.15, -0.1) is 0 Å². The molecule has 0 bridgehead atoms. The first-order valence-electron chi connectivity index (χ1n) is 8.94. The van der Waals surface area contributed by atoms with E-state index in [-0.39, 0.29) is 12.4 Å². The summed E-state index contributed by atoms with van der Waals surface area (Å²) in [5.74, 6) is -0.258. The fourth-order valence-corrected chi connectivity index (χ4v) is 2.74. The van der Waals surface area contributed by atoms with Crippen molar-refractivity contribution in [2.24, 2.45) is 0 Å². The molecule has 5 nitrogen and oxygen atoms in total. The third-order valence-electron chi connectivity index (χ3n) is 4.16. The zero-order valence-electron chi connectivity index (χ0n) is 15.4. The number of esters is 1. The lowest BCUT2D eigenvalue weighted by molar-refractivity contribution is -0.139. The van der Waals surface area contributed by atoms with Gasteiger partial charge in [-0.1, -0.05) is 31.5 Å². The lowest BCUT2D eigenvalue weighted by Crippen LogP contribution is -2.13. The van der Waals surface area contributed by atoms with Crippen LogP contribution in [-0.4, -0.2) is 37.8 Å². The van der Waals surface area contributed by atoms with Crippen LogP contribution in [0.5, 0.6) is 0 Å². The summed E-state index contributed by atoms with van der Waals surface area (Å²) in [6.07, 6.45) is 3.38.